The third kappa shape index (κ3) is 2.41. The number of nitrogens with zero attached hydrogens (tertiary/aromatic N) is 7. The lowest BCUT2D eigenvalue weighted by Gasteiger charge is -2.17. The van der Waals surface area contributed by atoms with E-state index >= 15 is 0 Å². The molecular weight excluding hydrogens is 278 g/mol. The van der Waals surface area contributed by atoms with Gasteiger partial charge in [0.15, 0.2) is 0 Å². The minimum absolute atomic E-state index is 0.403. The quantitative estimate of drug-likeness (QED) is 0.727. The second-order valence-electron chi connectivity index (χ2n) is 5.27. The van der Waals surface area contributed by atoms with Gasteiger partial charge in [0.25, 0.3) is 0 Å². The fourth-order valence-corrected chi connectivity index (χ4v) is 2.78. The number of hydrogen-bond acceptors (Lipinski definition) is 6. The van der Waals surface area contributed by atoms with Crippen molar-refractivity contribution in [3.63, 3.8) is 0 Å². The highest BCUT2D eigenvalue weighted by molar-refractivity contribution is 5.45. The summed E-state index contributed by atoms with van der Waals surface area (Å²) in [6.07, 6.45) is 13.3. The normalized spacial score (nSPS) is 17.8. The molecule has 22 heavy (non-hydrogen) atoms. The van der Waals surface area contributed by atoms with Crippen LogP contribution in [0.15, 0.2) is 49.7 Å². The lowest BCUT2D eigenvalue weighted by Crippen LogP contribution is -2.21. The van der Waals surface area contributed by atoms with Crippen molar-refractivity contribution in [2.75, 3.05) is 18.0 Å². The standard InChI is InChI=1S/C15H15N7/c1-5-21(9-12(1)13-8-16-2-3-18-13)14-7-15(20-10-19-14)22-6-4-17-11-22/h2-4,6-8,10-12H,1,5,9H2. The first kappa shape index (κ1) is 12.9. The van der Waals surface area contributed by atoms with E-state index in [0.29, 0.717) is 5.92 Å². The lowest BCUT2D eigenvalue weighted by molar-refractivity contribution is 0.736. The van der Waals surface area contributed by atoms with Gasteiger partial charge in [0.2, 0.25) is 0 Å². The predicted molar refractivity (Wildman–Crippen MR) is 80.8 cm³/mol. The number of anilines is 1. The Bertz CT molecular complexity index is 742. The molecular formula is C15H15N7. The van der Waals surface area contributed by atoms with E-state index in [1.807, 2.05) is 23.0 Å². The van der Waals surface area contributed by atoms with Crippen molar-refractivity contribution < 1.29 is 0 Å². The Hall–Kier alpha value is -2.83. The molecule has 0 aliphatic carbocycles. The molecule has 3 aromatic heterocycles. The highest BCUT2D eigenvalue weighted by Crippen LogP contribution is 2.28. The van der Waals surface area contributed by atoms with Crippen molar-refractivity contribution in [3.8, 4) is 5.82 Å². The number of rotatable bonds is 3. The van der Waals surface area contributed by atoms with Crippen LogP contribution in [-0.2, 0) is 0 Å². The zero-order chi connectivity index (χ0) is 14.8. The summed E-state index contributed by atoms with van der Waals surface area (Å²) < 4.78 is 1.88. The first-order chi connectivity index (χ1) is 10.9. The van der Waals surface area contributed by atoms with Crippen LogP contribution in [0.25, 0.3) is 5.82 Å². The fourth-order valence-electron chi connectivity index (χ4n) is 2.78. The molecule has 7 nitrogen and oxygen atoms in total. The maximum atomic E-state index is 4.41. The van der Waals surface area contributed by atoms with Crippen LogP contribution in [0.5, 0.6) is 0 Å². The van der Waals surface area contributed by atoms with Crippen molar-refractivity contribution in [2.24, 2.45) is 0 Å². The molecule has 3 aromatic rings. The lowest BCUT2D eigenvalue weighted by atomic mass is 10.1. The monoisotopic (exact) mass is 293 g/mol. The summed E-state index contributed by atoms with van der Waals surface area (Å²) >= 11 is 0. The zero-order valence-corrected chi connectivity index (χ0v) is 11.9. The molecule has 0 N–H and O–H groups in total. The van der Waals surface area contributed by atoms with Gasteiger partial charge in [-0.2, -0.15) is 0 Å². The maximum absolute atomic E-state index is 4.41. The molecule has 0 amide bonds. The molecule has 110 valence electrons. The third-order valence-electron chi connectivity index (χ3n) is 3.92. The van der Waals surface area contributed by atoms with Gasteiger partial charge in [0, 0.05) is 56.1 Å². The summed E-state index contributed by atoms with van der Waals surface area (Å²) in [5, 5.41) is 0. The Morgan fingerprint density at radius 3 is 2.77 bits per heavy atom. The van der Waals surface area contributed by atoms with E-state index in [4.69, 9.17) is 0 Å². The molecule has 1 saturated heterocycles. The Kier molecular flexibility index (Phi) is 3.23. The minimum Gasteiger partial charge on any atom is -0.356 e. The highest BCUT2D eigenvalue weighted by Gasteiger charge is 2.26. The van der Waals surface area contributed by atoms with Gasteiger partial charge in [-0.25, -0.2) is 15.0 Å². The molecule has 0 saturated carbocycles. The van der Waals surface area contributed by atoms with Crippen LogP contribution in [0.4, 0.5) is 5.82 Å². The molecule has 4 rings (SSSR count). The largest absolute Gasteiger partial charge is 0.356 e. The smallest absolute Gasteiger partial charge is 0.143 e. The highest BCUT2D eigenvalue weighted by atomic mass is 15.2. The van der Waals surface area contributed by atoms with E-state index in [-0.39, 0.29) is 0 Å². The maximum Gasteiger partial charge on any atom is 0.143 e. The van der Waals surface area contributed by atoms with Crippen LogP contribution in [0, 0.1) is 0 Å². The Morgan fingerprint density at radius 2 is 1.95 bits per heavy atom. The van der Waals surface area contributed by atoms with Crippen LogP contribution in [0.1, 0.15) is 18.0 Å². The molecule has 0 aromatic carbocycles. The van der Waals surface area contributed by atoms with Gasteiger partial charge in [-0.05, 0) is 6.42 Å². The van der Waals surface area contributed by atoms with Gasteiger partial charge in [-0.1, -0.05) is 0 Å². The van der Waals surface area contributed by atoms with Gasteiger partial charge in [0.1, 0.15) is 24.3 Å². The van der Waals surface area contributed by atoms with Gasteiger partial charge in [0.05, 0.1) is 5.69 Å². The van der Waals surface area contributed by atoms with E-state index in [0.717, 1.165) is 36.8 Å². The Balaban J connectivity index is 1.55. The number of hydrogen-bond donors (Lipinski definition) is 0. The minimum atomic E-state index is 0.403. The van der Waals surface area contributed by atoms with Gasteiger partial charge in [-0.15, -0.1) is 0 Å². The van der Waals surface area contributed by atoms with Crippen LogP contribution in [0.2, 0.25) is 0 Å². The summed E-state index contributed by atoms with van der Waals surface area (Å²) in [6.45, 7) is 1.86. The van der Waals surface area contributed by atoms with Crippen molar-refractivity contribution in [1.29, 1.82) is 0 Å². The molecule has 1 atom stereocenters. The molecule has 1 unspecified atom stereocenters. The van der Waals surface area contributed by atoms with E-state index in [2.05, 4.69) is 29.8 Å². The SMILES string of the molecule is c1cnc(C2CCN(c3cc(-n4ccnc4)ncn3)C2)cn1. The van der Waals surface area contributed by atoms with Crippen LogP contribution in [-0.4, -0.2) is 42.6 Å². The molecule has 0 bridgehead atoms. The summed E-state index contributed by atoms with van der Waals surface area (Å²) in [6, 6.07) is 1.99. The van der Waals surface area contributed by atoms with Crippen LogP contribution in [0.3, 0.4) is 0 Å². The van der Waals surface area contributed by atoms with E-state index in [9.17, 15) is 0 Å². The molecule has 1 aliphatic heterocycles. The molecule has 7 heteroatoms. The molecule has 1 fully saturated rings. The third-order valence-corrected chi connectivity index (χ3v) is 3.92. The van der Waals surface area contributed by atoms with Crippen molar-refractivity contribution in [3.05, 3.63) is 55.4 Å². The molecule has 0 spiro atoms. The first-order valence-electron chi connectivity index (χ1n) is 7.21. The topological polar surface area (TPSA) is 72.6 Å². The average Bonchev–Trinajstić information content (AvgIpc) is 3.28. The summed E-state index contributed by atoms with van der Waals surface area (Å²) in [7, 11) is 0. The summed E-state index contributed by atoms with van der Waals surface area (Å²) in [4.78, 5) is 23.6. The van der Waals surface area contributed by atoms with Crippen molar-refractivity contribution in [1.82, 2.24) is 29.5 Å². The van der Waals surface area contributed by atoms with Crippen molar-refractivity contribution in [2.45, 2.75) is 12.3 Å². The first-order valence-corrected chi connectivity index (χ1v) is 7.21. The summed E-state index contributed by atoms with van der Waals surface area (Å²) in [5.41, 5.74) is 1.05. The zero-order valence-electron chi connectivity index (χ0n) is 11.9. The predicted octanol–water partition coefficient (Wildman–Crippen LogP) is 1.45. The number of imidazole rings is 1. The van der Waals surface area contributed by atoms with E-state index in [1.165, 1.54) is 0 Å². The number of aromatic nitrogens is 6. The van der Waals surface area contributed by atoms with E-state index in [1.54, 1.807) is 31.2 Å². The van der Waals surface area contributed by atoms with Gasteiger partial charge >= 0.3 is 0 Å². The molecule has 4 heterocycles. The van der Waals surface area contributed by atoms with Crippen LogP contribution < -0.4 is 4.90 Å². The van der Waals surface area contributed by atoms with Crippen molar-refractivity contribution >= 4 is 5.82 Å². The van der Waals surface area contributed by atoms with Gasteiger partial charge < -0.3 is 4.90 Å². The molecule has 0 radical (unpaired) electrons. The summed E-state index contributed by atoms with van der Waals surface area (Å²) in [5.74, 6) is 2.16. The van der Waals surface area contributed by atoms with E-state index < -0.39 is 0 Å². The molecule has 1 aliphatic rings. The second kappa shape index (κ2) is 5.51. The average molecular weight is 293 g/mol. The Labute approximate surface area is 127 Å². The second-order valence-corrected chi connectivity index (χ2v) is 5.27. The Morgan fingerprint density at radius 1 is 1.00 bits per heavy atom. The fraction of sp³-hybridized carbons (Fsp3) is 0.267. The van der Waals surface area contributed by atoms with Crippen LogP contribution >= 0.6 is 0 Å². The van der Waals surface area contributed by atoms with Gasteiger partial charge in [-0.3, -0.25) is 14.5 Å².